The molecular formula is C15H14FN3O5S. The van der Waals surface area contributed by atoms with Crippen LogP contribution in [0.15, 0.2) is 21.3 Å². The van der Waals surface area contributed by atoms with Gasteiger partial charge in [0.25, 0.3) is 0 Å². The molecule has 2 aromatic rings. The Bertz CT molecular complexity index is 997. The van der Waals surface area contributed by atoms with Crippen LogP contribution in [-0.2, 0) is 27.4 Å². The van der Waals surface area contributed by atoms with Gasteiger partial charge in [0.1, 0.15) is 5.82 Å². The molecule has 0 spiro atoms. The first-order valence-electron chi connectivity index (χ1n) is 7.63. The van der Waals surface area contributed by atoms with Gasteiger partial charge in [0.2, 0.25) is 0 Å². The fraction of sp³-hybridized carbons (Fsp3) is 0.400. The number of hydrogen-bond donors (Lipinski definition) is 1. The van der Waals surface area contributed by atoms with Crippen LogP contribution in [0.2, 0.25) is 0 Å². The second-order valence-electron chi connectivity index (χ2n) is 6.20. The number of aryl methyl sites for hydroxylation is 1. The van der Waals surface area contributed by atoms with Crippen molar-refractivity contribution in [1.82, 2.24) is 9.47 Å². The Hall–Kier alpha value is -2.49. The van der Waals surface area contributed by atoms with E-state index in [-0.39, 0.29) is 34.6 Å². The predicted molar refractivity (Wildman–Crippen MR) is 87.0 cm³/mol. The van der Waals surface area contributed by atoms with Gasteiger partial charge in [-0.15, -0.1) is 0 Å². The Labute approximate surface area is 143 Å². The molecule has 8 nitrogen and oxygen atoms in total. The normalized spacial score (nSPS) is 24.9. The second kappa shape index (κ2) is 5.51. The number of halogens is 1. The van der Waals surface area contributed by atoms with Crippen LogP contribution in [-0.4, -0.2) is 49.1 Å². The number of nitrogens with one attached hydrogen (secondary N) is 1. The summed E-state index contributed by atoms with van der Waals surface area (Å²) >= 11 is 0. The van der Waals surface area contributed by atoms with Gasteiger partial charge in [-0.1, -0.05) is 0 Å². The highest BCUT2D eigenvalue weighted by molar-refractivity contribution is 7.86. The van der Waals surface area contributed by atoms with E-state index in [1.54, 1.807) is 0 Å². The van der Waals surface area contributed by atoms with Gasteiger partial charge in [0.05, 0.1) is 16.5 Å². The molecule has 0 radical (unpaired) electrons. The van der Waals surface area contributed by atoms with Gasteiger partial charge in [0, 0.05) is 48.3 Å². The molecule has 0 saturated carbocycles. The van der Waals surface area contributed by atoms with Gasteiger partial charge in [-0.3, -0.25) is 18.4 Å². The van der Waals surface area contributed by atoms with Gasteiger partial charge in [0.15, 0.2) is 5.58 Å². The minimum atomic E-state index is -0.977. The Morgan fingerprint density at radius 1 is 1.40 bits per heavy atom. The molecule has 3 heterocycles. The first-order chi connectivity index (χ1) is 11.8. The van der Waals surface area contributed by atoms with E-state index < -0.39 is 34.2 Å². The van der Waals surface area contributed by atoms with Crippen molar-refractivity contribution in [3.8, 4) is 0 Å². The number of nitrogens with zero attached hydrogens (tertiary/aromatic N) is 2. The molecule has 2 bridgehead atoms. The molecule has 2 amide bonds. The number of benzene rings is 1. The first kappa shape index (κ1) is 16.0. The highest BCUT2D eigenvalue weighted by Crippen LogP contribution is 2.30. The molecule has 4 rings (SSSR count). The van der Waals surface area contributed by atoms with E-state index in [4.69, 9.17) is 4.42 Å². The molecule has 2 aliphatic rings. The monoisotopic (exact) mass is 367 g/mol. The van der Waals surface area contributed by atoms with Crippen molar-refractivity contribution in [2.24, 2.45) is 7.05 Å². The zero-order valence-corrected chi connectivity index (χ0v) is 14.0. The molecule has 2 fully saturated rings. The lowest BCUT2D eigenvalue weighted by Gasteiger charge is -2.25. The topological polar surface area (TPSA) is 102 Å². The van der Waals surface area contributed by atoms with Gasteiger partial charge in [-0.25, -0.2) is 9.18 Å². The number of likely N-dealkylation sites (tertiary alicyclic amines) is 1. The molecule has 3 atom stereocenters. The molecule has 10 heteroatoms. The highest BCUT2D eigenvalue weighted by atomic mass is 32.2. The van der Waals surface area contributed by atoms with E-state index in [2.05, 4.69) is 5.32 Å². The van der Waals surface area contributed by atoms with Crippen molar-refractivity contribution in [1.29, 1.82) is 0 Å². The maximum Gasteiger partial charge on any atom is 0.419 e. The van der Waals surface area contributed by atoms with E-state index in [0.717, 1.165) is 10.6 Å². The number of amides is 2. The number of oxazole rings is 1. The lowest BCUT2D eigenvalue weighted by atomic mass is 10.2. The Kier molecular flexibility index (Phi) is 3.53. The number of rotatable bonds is 1. The predicted octanol–water partition coefficient (Wildman–Crippen LogP) is -0.0591. The lowest BCUT2D eigenvalue weighted by Crippen LogP contribution is -2.47. The summed E-state index contributed by atoms with van der Waals surface area (Å²) in [5.41, 5.74) is 0.103. The van der Waals surface area contributed by atoms with Gasteiger partial charge < -0.3 is 14.6 Å². The summed E-state index contributed by atoms with van der Waals surface area (Å²) in [4.78, 5) is 37.3. The lowest BCUT2D eigenvalue weighted by molar-refractivity contribution is -0.143. The minimum Gasteiger partial charge on any atom is -0.408 e. The van der Waals surface area contributed by atoms with Crippen LogP contribution >= 0.6 is 0 Å². The zero-order chi connectivity index (χ0) is 17.9. The van der Waals surface area contributed by atoms with E-state index >= 15 is 0 Å². The molecular weight excluding hydrogens is 353 g/mol. The Morgan fingerprint density at radius 3 is 2.80 bits per heavy atom. The van der Waals surface area contributed by atoms with E-state index in [0.29, 0.717) is 12.2 Å². The third-order valence-electron chi connectivity index (χ3n) is 4.69. The third kappa shape index (κ3) is 2.48. The van der Waals surface area contributed by atoms with E-state index in [1.165, 1.54) is 18.0 Å². The van der Waals surface area contributed by atoms with Crippen molar-refractivity contribution in [2.45, 2.75) is 17.7 Å². The van der Waals surface area contributed by atoms with Crippen molar-refractivity contribution < 1.29 is 22.6 Å². The zero-order valence-electron chi connectivity index (χ0n) is 13.2. The number of aromatic nitrogens is 1. The highest BCUT2D eigenvalue weighted by Gasteiger charge is 2.46. The summed E-state index contributed by atoms with van der Waals surface area (Å²) in [6.45, 7) is 0.276. The van der Waals surface area contributed by atoms with Crippen molar-refractivity contribution in [2.75, 3.05) is 17.6 Å². The third-order valence-corrected chi connectivity index (χ3v) is 6.49. The Balaban J connectivity index is 1.56. The molecule has 132 valence electrons. The summed E-state index contributed by atoms with van der Waals surface area (Å²) in [6.07, 6.45) is 0.626. The van der Waals surface area contributed by atoms with Crippen LogP contribution in [0.25, 0.3) is 11.1 Å². The maximum absolute atomic E-state index is 14.2. The average Bonchev–Trinajstić information content (AvgIpc) is 3.21. The SMILES string of the molecule is Cn1c(=O)oc2cc(NC(=O)C(=O)N3C[C@@H]4C[C@H]3CS4=O)c(F)cc21. The smallest absolute Gasteiger partial charge is 0.408 e. The summed E-state index contributed by atoms with van der Waals surface area (Å²) < 4.78 is 31.9. The largest absolute Gasteiger partial charge is 0.419 e. The molecule has 25 heavy (non-hydrogen) atoms. The molecule has 1 N–H and O–H groups in total. The number of carbonyl (C=O) groups excluding carboxylic acids is 2. The average molecular weight is 367 g/mol. The maximum atomic E-state index is 14.2. The summed E-state index contributed by atoms with van der Waals surface area (Å²) in [7, 11) is 0.484. The minimum absolute atomic E-state index is 0.0894. The van der Waals surface area contributed by atoms with Crippen molar-refractivity contribution >= 4 is 39.4 Å². The number of fused-ring (bicyclic) bond motifs is 3. The number of hydrogen-bond acceptors (Lipinski definition) is 5. The van der Waals surface area contributed by atoms with Crippen LogP contribution in [0, 0.1) is 5.82 Å². The Morgan fingerprint density at radius 2 is 2.16 bits per heavy atom. The molecule has 0 aliphatic carbocycles. The summed E-state index contributed by atoms with van der Waals surface area (Å²) in [6, 6.07) is 2.02. The van der Waals surface area contributed by atoms with Crippen LogP contribution < -0.4 is 11.1 Å². The van der Waals surface area contributed by atoms with Gasteiger partial charge in [-0.2, -0.15) is 0 Å². The van der Waals surface area contributed by atoms with Gasteiger partial charge >= 0.3 is 17.6 Å². The quantitative estimate of drug-likeness (QED) is 0.712. The van der Waals surface area contributed by atoms with Crippen LogP contribution in [0.5, 0.6) is 0 Å². The summed E-state index contributed by atoms with van der Waals surface area (Å²) in [5.74, 6) is -2.82. The van der Waals surface area contributed by atoms with E-state index in [9.17, 15) is 23.0 Å². The second-order valence-corrected chi connectivity index (χ2v) is 7.96. The fourth-order valence-electron chi connectivity index (χ4n) is 3.35. The van der Waals surface area contributed by atoms with Crippen LogP contribution in [0.4, 0.5) is 10.1 Å². The number of carbonyl (C=O) groups is 2. The fourth-order valence-corrected chi connectivity index (χ4v) is 5.08. The molecule has 1 aromatic heterocycles. The summed E-state index contributed by atoms with van der Waals surface area (Å²) in [5, 5.41) is 2.14. The van der Waals surface area contributed by atoms with E-state index in [1.807, 2.05) is 0 Å². The van der Waals surface area contributed by atoms with Crippen molar-refractivity contribution in [3.05, 3.63) is 28.5 Å². The molecule has 1 aromatic carbocycles. The molecule has 2 saturated heterocycles. The molecule has 1 unspecified atom stereocenters. The standard InChI is InChI=1S/C15H14FN3O5S/c1-18-11-3-9(16)10(4-12(11)24-15(18)22)17-13(20)14(21)19-5-8-2-7(19)6-25(8)23/h3-4,7-8H,2,5-6H2,1H3,(H,17,20)/t7-,8-,25?/m0/s1. The van der Waals surface area contributed by atoms with Crippen molar-refractivity contribution in [3.63, 3.8) is 0 Å². The first-order valence-corrected chi connectivity index (χ1v) is 9.01. The van der Waals surface area contributed by atoms with Crippen LogP contribution in [0.1, 0.15) is 6.42 Å². The van der Waals surface area contributed by atoms with Gasteiger partial charge in [-0.05, 0) is 6.42 Å². The number of anilines is 1. The molecule has 2 aliphatic heterocycles. The van der Waals surface area contributed by atoms with Crippen LogP contribution in [0.3, 0.4) is 0 Å².